The molecule has 1 heterocycles. The number of piperidine rings is 1. The van der Waals surface area contributed by atoms with Crippen LogP contribution in [0.1, 0.15) is 55.8 Å². The van der Waals surface area contributed by atoms with Gasteiger partial charge in [-0.15, -0.1) is 0 Å². The van der Waals surface area contributed by atoms with Gasteiger partial charge in [-0.2, -0.15) is 0 Å². The van der Waals surface area contributed by atoms with Crippen molar-refractivity contribution in [2.24, 2.45) is 0 Å². The van der Waals surface area contributed by atoms with E-state index in [4.69, 9.17) is 9.47 Å². The normalized spacial score (nSPS) is 18.4. The van der Waals surface area contributed by atoms with Crippen molar-refractivity contribution in [3.05, 3.63) is 23.8 Å². The Morgan fingerprint density at radius 1 is 1.03 bits per heavy atom. The van der Waals surface area contributed by atoms with Crippen LogP contribution in [0.3, 0.4) is 0 Å². The van der Waals surface area contributed by atoms with Crippen molar-refractivity contribution in [2.45, 2.75) is 57.6 Å². The van der Waals surface area contributed by atoms with Crippen LogP contribution >= 0.6 is 0 Å². The maximum atomic E-state index is 12.3. The molecule has 29 heavy (non-hydrogen) atoms. The fraction of sp³-hybridized carbons (Fsp3) is 0.636. The summed E-state index contributed by atoms with van der Waals surface area (Å²) in [6.07, 6.45) is 7.63. The molecule has 1 aliphatic heterocycles. The van der Waals surface area contributed by atoms with Gasteiger partial charge in [-0.05, 0) is 43.9 Å². The molecule has 7 heteroatoms. The van der Waals surface area contributed by atoms with Crippen LogP contribution in [-0.2, 0) is 4.79 Å². The SMILES string of the molecule is COc1cc(C(=O)NCCNC(C)=O)ccc1OC1CCN(C2CCCC2)CC1. The molecule has 2 amide bonds. The monoisotopic (exact) mass is 403 g/mol. The standard InChI is InChI=1S/C22H33N3O4/c1-16(26)23-11-12-24-22(27)17-7-8-20(21(15-17)28-2)29-19-9-13-25(14-10-19)18-5-3-4-6-18/h7-8,15,18-19H,3-6,9-14H2,1-2H3,(H,23,26)(H,24,27). The summed E-state index contributed by atoms with van der Waals surface area (Å²) in [6, 6.07) is 6.04. The Kier molecular flexibility index (Phi) is 7.75. The molecular formula is C22H33N3O4. The molecule has 0 aromatic heterocycles. The van der Waals surface area contributed by atoms with E-state index in [1.807, 2.05) is 6.07 Å². The molecule has 1 aromatic carbocycles. The molecule has 1 saturated carbocycles. The van der Waals surface area contributed by atoms with Crippen LogP contribution in [0.2, 0.25) is 0 Å². The summed E-state index contributed by atoms with van der Waals surface area (Å²) in [5, 5.41) is 5.43. The third-order valence-corrected chi connectivity index (χ3v) is 5.82. The minimum atomic E-state index is -0.204. The molecule has 1 aliphatic carbocycles. The lowest BCUT2D eigenvalue weighted by atomic mass is 10.0. The van der Waals surface area contributed by atoms with Crippen molar-refractivity contribution in [2.75, 3.05) is 33.3 Å². The number of rotatable bonds is 8. The van der Waals surface area contributed by atoms with Crippen LogP contribution in [0.25, 0.3) is 0 Å². The van der Waals surface area contributed by atoms with Crippen LogP contribution in [-0.4, -0.2) is 62.1 Å². The number of carbonyl (C=O) groups is 2. The van der Waals surface area contributed by atoms with Gasteiger partial charge in [0.15, 0.2) is 11.5 Å². The number of hydrogen-bond acceptors (Lipinski definition) is 5. The molecular weight excluding hydrogens is 370 g/mol. The van der Waals surface area contributed by atoms with Crippen molar-refractivity contribution in [1.29, 1.82) is 0 Å². The van der Waals surface area contributed by atoms with E-state index in [0.717, 1.165) is 32.0 Å². The van der Waals surface area contributed by atoms with Gasteiger partial charge in [0.05, 0.1) is 7.11 Å². The smallest absolute Gasteiger partial charge is 0.251 e. The second-order valence-electron chi connectivity index (χ2n) is 7.90. The van der Waals surface area contributed by atoms with Crippen LogP contribution in [0.5, 0.6) is 11.5 Å². The summed E-state index contributed by atoms with van der Waals surface area (Å²) in [5.41, 5.74) is 0.507. The Bertz CT molecular complexity index is 695. The Morgan fingerprint density at radius 3 is 2.38 bits per heavy atom. The predicted octanol–water partition coefficient (Wildman–Crippen LogP) is 2.35. The van der Waals surface area contributed by atoms with Crippen molar-refractivity contribution < 1.29 is 19.1 Å². The Balaban J connectivity index is 1.51. The van der Waals surface area contributed by atoms with Crippen molar-refractivity contribution >= 4 is 11.8 Å². The minimum absolute atomic E-state index is 0.114. The van der Waals surface area contributed by atoms with Crippen LogP contribution in [0.4, 0.5) is 0 Å². The maximum Gasteiger partial charge on any atom is 0.251 e. The fourth-order valence-corrected chi connectivity index (χ4v) is 4.23. The Morgan fingerprint density at radius 2 is 1.72 bits per heavy atom. The zero-order chi connectivity index (χ0) is 20.6. The lowest BCUT2D eigenvalue weighted by Crippen LogP contribution is -2.43. The van der Waals surface area contributed by atoms with E-state index in [9.17, 15) is 9.59 Å². The first-order chi connectivity index (χ1) is 14.1. The molecule has 1 aromatic rings. The van der Waals surface area contributed by atoms with E-state index < -0.39 is 0 Å². The molecule has 0 radical (unpaired) electrons. The average Bonchev–Trinajstić information content (AvgIpc) is 3.26. The molecule has 1 saturated heterocycles. The van der Waals surface area contributed by atoms with Gasteiger partial charge in [0.25, 0.3) is 5.91 Å². The third kappa shape index (κ3) is 6.10. The molecule has 3 rings (SSSR count). The van der Waals surface area contributed by atoms with Crippen LogP contribution < -0.4 is 20.1 Å². The Hall–Kier alpha value is -2.28. The number of carbonyl (C=O) groups excluding carboxylic acids is 2. The number of nitrogens with one attached hydrogen (secondary N) is 2. The van der Waals surface area contributed by atoms with Gasteiger partial charge >= 0.3 is 0 Å². The van der Waals surface area contributed by atoms with Gasteiger partial charge in [0, 0.05) is 44.7 Å². The zero-order valence-corrected chi connectivity index (χ0v) is 17.5. The van der Waals surface area contributed by atoms with Gasteiger partial charge < -0.3 is 25.0 Å². The zero-order valence-electron chi connectivity index (χ0n) is 17.5. The number of hydrogen-bond donors (Lipinski definition) is 2. The molecule has 2 fully saturated rings. The topological polar surface area (TPSA) is 79.9 Å². The highest BCUT2D eigenvalue weighted by molar-refractivity contribution is 5.94. The Labute approximate surface area is 173 Å². The summed E-state index contributed by atoms with van der Waals surface area (Å²) in [6.45, 7) is 4.40. The minimum Gasteiger partial charge on any atom is -0.493 e. The summed E-state index contributed by atoms with van der Waals surface area (Å²) >= 11 is 0. The largest absolute Gasteiger partial charge is 0.493 e. The fourth-order valence-electron chi connectivity index (χ4n) is 4.23. The van der Waals surface area contributed by atoms with Gasteiger partial charge in [0.2, 0.25) is 5.91 Å². The van der Waals surface area contributed by atoms with Crippen molar-refractivity contribution in [3.63, 3.8) is 0 Å². The number of benzene rings is 1. The molecule has 0 bridgehead atoms. The lowest BCUT2D eigenvalue weighted by molar-refractivity contribution is -0.118. The number of methoxy groups -OCH3 is 1. The average molecular weight is 404 g/mol. The molecule has 7 nitrogen and oxygen atoms in total. The molecule has 0 spiro atoms. The maximum absolute atomic E-state index is 12.3. The first-order valence-electron chi connectivity index (χ1n) is 10.7. The second-order valence-corrected chi connectivity index (χ2v) is 7.90. The van der Waals surface area contributed by atoms with Gasteiger partial charge in [0.1, 0.15) is 6.10 Å². The van der Waals surface area contributed by atoms with Gasteiger partial charge in [-0.25, -0.2) is 0 Å². The highest BCUT2D eigenvalue weighted by atomic mass is 16.5. The van der Waals surface area contributed by atoms with Crippen LogP contribution in [0, 0.1) is 0 Å². The summed E-state index contributed by atoms with van der Waals surface area (Å²) in [7, 11) is 1.59. The van der Waals surface area contributed by atoms with E-state index in [1.165, 1.54) is 32.6 Å². The molecule has 0 unspecified atom stereocenters. The van der Waals surface area contributed by atoms with E-state index >= 15 is 0 Å². The second kappa shape index (κ2) is 10.5. The number of amides is 2. The number of nitrogens with zero attached hydrogens (tertiary/aromatic N) is 1. The predicted molar refractivity (Wildman–Crippen MR) is 111 cm³/mol. The number of likely N-dealkylation sites (tertiary alicyclic amines) is 1. The molecule has 0 atom stereocenters. The molecule has 2 N–H and O–H groups in total. The van der Waals surface area contributed by atoms with Crippen molar-refractivity contribution in [3.8, 4) is 11.5 Å². The first-order valence-corrected chi connectivity index (χ1v) is 10.7. The quantitative estimate of drug-likeness (QED) is 0.652. The molecule has 160 valence electrons. The van der Waals surface area contributed by atoms with E-state index in [2.05, 4.69) is 15.5 Å². The summed E-state index contributed by atoms with van der Waals surface area (Å²) in [5.74, 6) is 0.931. The van der Waals surface area contributed by atoms with E-state index in [0.29, 0.717) is 30.2 Å². The highest BCUT2D eigenvalue weighted by Gasteiger charge is 2.28. The first kappa shape index (κ1) is 21.4. The van der Waals surface area contributed by atoms with Gasteiger partial charge in [-0.3, -0.25) is 9.59 Å². The lowest BCUT2D eigenvalue weighted by Gasteiger charge is -2.36. The summed E-state index contributed by atoms with van der Waals surface area (Å²) < 4.78 is 11.7. The number of ether oxygens (including phenoxy) is 2. The van der Waals surface area contributed by atoms with Gasteiger partial charge in [-0.1, -0.05) is 12.8 Å². The van der Waals surface area contributed by atoms with E-state index in [1.54, 1.807) is 19.2 Å². The molecule has 2 aliphatic rings. The van der Waals surface area contributed by atoms with Crippen LogP contribution in [0.15, 0.2) is 18.2 Å². The van der Waals surface area contributed by atoms with Crippen molar-refractivity contribution in [1.82, 2.24) is 15.5 Å². The van der Waals surface area contributed by atoms with E-state index in [-0.39, 0.29) is 17.9 Å². The highest BCUT2D eigenvalue weighted by Crippen LogP contribution is 2.32. The summed E-state index contributed by atoms with van der Waals surface area (Å²) in [4.78, 5) is 25.8. The third-order valence-electron chi connectivity index (χ3n) is 5.82.